The molecule has 1 aromatic rings. The van der Waals surface area contributed by atoms with E-state index in [9.17, 15) is 4.79 Å². The fraction of sp³-hybridized carbons (Fsp3) is 0.636. The highest BCUT2D eigenvalue weighted by molar-refractivity contribution is 7.12. The first kappa shape index (κ1) is 12.2. The Morgan fingerprint density at radius 2 is 2.00 bits per heavy atom. The molecule has 0 radical (unpaired) electrons. The van der Waals surface area contributed by atoms with Crippen LogP contribution in [0.25, 0.3) is 0 Å². The highest BCUT2D eigenvalue weighted by Gasteiger charge is 2.21. The van der Waals surface area contributed by atoms with Crippen molar-refractivity contribution in [2.24, 2.45) is 0 Å². The summed E-state index contributed by atoms with van der Waals surface area (Å²) in [5.74, 6) is -0.554. The molecule has 1 rings (SSSR count). The average molecular weight is 227 g/mol. The van der Waals surface area contributed by atoms with E-state index in [4.69, 9.17) is 5.11 Å². The quantitative estimate of drug-likeness (QED) is 0.839. The molecule has 1 heterocycles. The summed E-state index contributed by atoms with van der Waals surface area (Å²) < 4.78 is 0. The van der Waals surface area contributed by atoms with E-state index in [0.717, 1.165) is 29.1 Å². The van der Waals surface area contributed by atoms with Crippen LogP contribution in [0.3, 0.4) is 0 Å². The van der Waals surface area contributed by atoms with E-state index in [1.54, 1.807) is 11.3 Å². The molecule has 0 amide bonds. The molecule has 0 aliphatic carbocycles. The predicted octanol–water partition coefficient (Wildman–Crippen LogP) is 3.31. The van der Waals surface area contributed by atoms with E-state index in [0.29, 0.717) is 5.92 Å². The van der Waals surface area contributed by atoms with Crippen molar-refractivity contribution in [2.75, 3.05) is 0 Å². The number of aromatic nitrogens is 1. The first-order valence-electron chi connectivity index (χ1n) is 5.36. The minimum Gasteiger partial charge on any atom is -0.476 e. The van der Waals surface area contributed by atoms with Crippen molar-refractivity contribution < 1.29 is 9.90 Å². The Bertz CT molecular complexity index is 342. The SMILES string of the molecule is CCc1nc(C(=O)O)c(C(CC)CC)s1. The third-order valence-electron chi connectivity index (χ3n) is 2.56. The summed E-state index contributed by atoms with van der Waals surface area (Å²) in [6.45, 7) is 6.18. The highest BCUT2D eigenvalue weighted by Crippen LogP contribution is 2.31. The standard InChI is InChI=1S/C11H17NO2S/c1-4-7(5-2)10-9(11(13)14)12-8(6-3)15-10/h7H,4-6H2,1-3H3,(H,13,14). The van der Waals surface area contributed by atoms with Crippen LogP contribution in [-0.4, -0.2) is 16.1 Å². The zero-order valence-corrected chi connectivity index (χ0v) is 10.2. The number of carbonyl (C=O) groups is 1. The molecule has 0 fully saturated rings. The zero-order valence-electron chi connectivity index (χ0n) is 9.41. The Morgan fingerprint density at radius 1 is 1.40 bits per heavy atom. The van der Waals surface area contributed by atoms with E-state index >= 15 is 0 Å². The molecule has 0 aliphatic heterocycles. The van der Waals surface area contributed by atoms with Gasteiger partial charge in [0.1, 0.15) is 0 Å². The Balaban J connectivity index is 3.13. The van der Waals surface area contributed by atoms with Crippen molar-refractivity contribution in [2.45, 2.75) is 46.0 Å². The number of hydrogen-bond donors (Lipinski definition) is 1. The van der Waals surface area contributed by atoms with E-state index in [1.807, 2.05) is 6.92 Å². The minimum atomic E-state index is -0.896. The molecular formula is C11H17NO2S. The van der Waals surface area contributed by atoms with Gasteiger partial charge in [-0.05, 0) is 25.2 Å². The monoisotopic (exact) mass is 227 g/mol. The van der Waals surface area contributed by atoms with Crippen LogP contribution in [0, 0.1) is 0 Å². The Labute approximate surface area is 94.2 Å². The fourth-order valence-corrected chi connectivity index (χ4v) is 2.88. The maximum absolute atomic E-state index is 11.0. The van der Waals surface area contributed by atoms with Gasteiger partial charge in [0.25, 0.3) is 0 Å². The van der Waals surface area contributed by atoms with Gasteiger partial charge in [0.15, 0.2) is 5.69 Å². The van der Waals surface area contributed by atoms with E-state index in [-0.39, 0.29) is 5.69 Å². The molecule has 0 atom stereocenters. The van der Waals surface area contributed by atoms with Crippen molar-refractivity contribution in [3.63, 3.8) is 0 Å². The molecule has 1 N–H and O–H groups in total. The van der Waals surface area contributed by atoms with Gasteiger partial charge in [0, 0.05) is 4.88 Å². The van der Waals surface area contributed by atoms with Crippen molar-refractivity contribution in [1.82, 2.24) is 4.98 Å². The van der Waals surface area contributed by atoms with Crippen molar-refractivity contribution in [3.8, 4) is 0 Å². The topological polar surface area (TPSA) is 50.2 Å². The lowest BCUT2D eigenvalue weighted by Gasteiger charge is -2.09. The molecule has 0 bridgehead atoms. The normalized spacial score (nSPS) is 10.9. The lowest BCUT2D eigenvalue weighted by molar-refractivity contribution is 0.0689. The van der Waals surface area contributed by atoms with Crippen molar-refractivity contribution in [1.29, 1.82) is 0 Å². The molecule has 4 heteroatoms. The van der Waals surface area contributed by atoms with E-state index in [2.05, 4.69) is 18.8 Å². The molecule has 3 nitrogen and oxygen atoms in total. The van der Waals surface area contributed by atoms with Crippen LogP contribution in [0.15, 0.2) is 0 Å². The van der Waals surface area contributed by atoms with Crippen LogP contribution in [0.4, 0.5) is 0 Å². The molecule has 0 aliphatic rings. The van der Waals surface area contributed by atoms with Crippen LogP contribution >= 0.6 is 11.3 Å². The van der Waals surface area contributed by atoms with Crippen molar-refractivity contribution in [3.05, 3.63) is 15.6 Å². The summed E-state index contributed by atoms with van der Waals surface area (Å²) in [6, 6.07) is 0. The number of aromatic carboxylic acids is 1. The highest BCUT2D eigenvalue weighted by atomic mass is 32.1. The Morgan fingerprint density at radius 3 is 2.40 bits per heavy atom. The second-order valence-corrected chi connectivity index (χ2v) is 4.61. The predicted molar refractivity (Wildman–Crippen MR) is 61.8 cm³/mol. The fourth-order valence-electron chi connectivity index (χ4n) is 1.62. The first-order valence-corrected chi connectivity index (χ1v) is 6.18. The number of thiazole rings is 1. The number of aryl methyl sites for hydroxylation is 1. The third-order valence-corrected chi connectivity index (χ3v) is 3.92. The molecular weight excluding hydrogens is 210 g/mol. The van der Waals surface area contributed by atoms with Gasteiger partial charge in [-0.1, -0.05) is 20.8 Å². The summed E-state index contributed by atoms with van der Waals surface area (Å²) in [4.78, 5) is 16.1. The maximum atomic E-state index is 11.0. The van der Waals surface area contributed by atoms with Gasteiger partial charge in [0.05, 0.1) is 5.01 Å². The number of carboxylic acid groups (broad SMARTS) is 1. The number of nitrogens with zero attached hydrogens (tertiary/aromatic N) is 1. The summed E-state index contributed by atoms with van der Waals surface area (Å²) in [5.41, 5.74) is 0.269. The molecule has 1 aromatic heterocycles. The van der Waals surface area contributed by atoms with Gasteiger partial charge in [-0.3, -0.25) is 0 Å². The van der Waals surface area contributed by atoms with E-state index < -0.39 is 5.97 Å². The summed E-state index contributed by atoms with van der Waals surface area (Å²) in [5, 5.41) is 9.98. The van der Waals surface area contributed by atoms with Gasteiger partial charge in [-0.2, -0.15) is 0 Å². The summed E-state index contributed by atoms with van der Waals surface area (Å²) in [6.07, 6.45) is 2.76. The second-order valence-electron chi connectivity index (χ2n) is 3.49. The Hall–Kier alpha value is -0.900. The van der Waals surface area contributed by atoms with Gasteiger partial charge in [0.2, 0.25) is 0 Å². The maximum Gasteiger partial charge on any atom is 0.355 e. The van der Waals surface area contributed by atoms with Crippen LogP contribution in [-0.2, 0) is 6.42 Å². The Kier molecular flexibility index (Phi) is 4.27. The molecule has 0 spiro atoms. The summed E-state index contributed by atoms with van der Waals surface area (Å²) in [7, 11) is 0. The molecule has 0 aromatic carbocycles. The van der Waals surface area contributed by atoms with Gasteiger partial charge >= 0.3 is 5.97 Å². The van der Waals surface area contributed by atoms with E-state index in [1.165, 1.54) is 0 Å². The van der Waals surface area contributed by atoms with Crippen LogP contribution < -0.4 is 0 Å². The van der Waals surface area contributed by atoms with Gasteiger partial charge in [-0.15, -0.1) is 11.3 Å². The summed E-state index contributed by atoms with van der Waals surface area (Å²) >= 11 is 1.55. The lowest BCUT2D eigenvalue weighted by atomic mass is 10.0. The van der Waals surface area contributed by atoms with Crippen molar-refractivity contribution >= 4 is 17.3 Å². The second kappa shape index (κ2) is 5.26. The molecule has 84 valence electrons. The average Bonchev–Trinajstić information content (AvgIpc) is 2.64. The first-order chi connectivity index (χ1) is 7.13. The number of carboxylic acids is 1. The minimum absolute atomic E-state index is 0.269. The van der Waals surface area contributed by atoms with Crippen LogP contribution in [0.5, 0.6) is 0 Å². The molecule has 0 unspecified atom stereocenters. The number of rotatable bonds is 5. The third kappa shape index (κ3) is 2.56. The largest absolute Gasteiger partial charge is 0.476 e. The molecule has 0 saturated carbocycles. The van der Waals surface area contributed by atoms with Crippen LogP contribution in [0.2, 0.25) is 0 Å². The van der Waals surface area contributed by atoms with Gasteiger partial charge < -0.3 is 5.11 Å². The van der Waals surface area contributed by atoms with Crippen LogP contribution in [0.1, 0.15) is 59.9 Å². The van der Waals surface area contributed by atoms with Gasteiger partial charge in [-0.25, -0.2) is 9.78 Å². The number of hydrogen-bond acceptors (Lipinski definition) is 3. The molecule has 15 heavy (non-hydrogen) atoms. The smallest absolute Gasteiger partial charge is 0.355 e. The zero-order chi connectivity index (χ0) is 11.4. The lowest BCUT2D eigenvalue weighted by Crippen LogP contribution is -2.04. The molecule has 0 saturated heterocycles.